The Bertz CT molecular complexity index is 499. The summed E-state index contributed by atoms with van der Waals surface area (Å²) in [6.45, 7) is 9.60. The van der Waals surface area contributed by atoms with Gasteiger partial charge >= 0.3 is 5.97 Å². The molecule has 0 aromatic heterocycles. The van der Waals surface area contributed by atoms with Gasteiger partial charge in [0.1, 0.15) is 6.54 Å². The molecule has 0 aliphatic carbocycles. The van der Waals surface area contributed by atoms with Crippen molar-refractivity contribution in [1.29, 1.82) is 0 Å². The first-order valence-electron chi connectivity index (χ1n) is 8.20. The second-order valence-corrected chi connectivity index (χ2v) is 5.58. The number of hydrogen-bond acceptors (Lipinski definition) is 2. The summed E-state index contributed by atoms with van der Waals surface area (Å²) in [6.07, 6.45) is 2.07. The average Bonchev–Trinajstić information content (AvgIpc) is 2.49. The highest BCUT2D eigenvalue weighted by Gasteiger charge is 2.28. The van der Waals surface area contributed by atoms with Crippen molar-refractivity contribution in [2.24, 2.45) is 0 Å². The molecule has 0 spiro atoms. The first-order valence-corrected chi connectivity index (χ1v) is 8.20. The van der Waals surface area contributed by atoms with Crippen molar-refractivity contribution in [3.63, 3.8) is 0 Å². The summed E-state index contributed by atoms with van der Waals surface area (Å²) in [7, 11) is 0. The topological polar surface area (TPSA) is 26.3 Å². The fourth-order valence-electron chi connectivity index (χ4n) is 2.74. The Morgan fingerprint density at radius 3 is 2.22 bits per heavy atom. The molecular formula is C19H28BrNO2. The molecule has 23 heavy (non-hydrogen) atoms. The van der Waals surface area contributed by atoms with E-state index in [1.165, 1.54) is 0 Å². The molecule has 0 unspecified atom stereocenters. The Morgan fingerprint density at radius 2 is 1.70 bits per heavy atom. The lowest BCUT2D eigenvalue weighted by Gasteiger charge is -2.35. The quantitative estimate of drug-likeness (QED) is 0.366. The van der Waals surface area contributed by atoms with E-state index in [0.29, 0.717) is 24.2 Å². The van der Waals surface area contributed by atoms with Crippen molar-refractivity contribution in [2.75, 3.05) is 32.8 Å². The summed E-state index contributed by atoms with van der Waals surface area (Å²) >= 11 is 0. The number of esters is 1. The zero-order chi connectivity index (χ0) is 16.3. The second-order valence-electron chi connectivity index (χ2n) is 5.58. The minimum atomic E-state index is -0.120. The van der Waals surface area contributed by atoms with Gasteiger partial charge in [-0.05, 0) is 37.8 Å². The molecule has 0 bridgehead atoms. The van der Waals surface area contributed by atoms with E-state index >= 15 is 0 Å². The van der Waals surface area contributed by atoms with Gasteiger partial charge in [0.25, 0.3) is 0 Å². The third-order valence-corrected chi connectivity index (χ3v) is 3.59. The van der Waals surface area contributed by atoms with Crippen molar-refractivity contribution in [1.82, 2.24) is 0 Å². The maximum Gasteiger partial charge on any atom is 0.361 e. The van der Waals surface area contributed by atoms with Crippen LogP contribution in [0.1, 0.15) is 39.2 Å². The number of carbonyl (C=O) groups is 1. The molecule has 0 heterocycles. The number of nitrogens with zero attached hydrogens (tertiary/aromatic N) is 1. The van der Waals surface area contributed by atoms with Crippen LogP contribution in [-0.4, -0.2) is 43.2 Å². The summed E-state index contributed by atoms with van der Waals surface area (Å²) in [5.74, 6) is 6.36. The lowest BCUT2D eigenvalue weighted by Crippen LogP contribution is -3.00. The van der Waals surface area contributed by atoms with Crippen molar-refractivity contribution >= 4 is 5.97 Å². The molecule has 0 amide bonds. The molecule has 3 nitrogen and oxygen atoms in total. The van der Waals surface area contributed by atoms with Gasteiger partial charge in [0.15, 0.2) is 6.54 Å². The van der Waals surface area contributed by atoms with Gasteiger partial charge in [-0.15, -0.1) is 0 Å². The standard InChI is InChI=1S/C19H28NO2.BrH/c1-4-14-20(15-5-2,17-19(21)22-6-3)16-10-13-18-11-8-7-9-12-18;/h7-9,11-12H,4-6,14-17H2,1-3H3;1H/q+1;/p-1. The Kier molecular flexibility index (Phi) is 11.5. The molecule has 0 radical (unpaired) electrons. The van der Waals surface area contributed by atoms with Crippen molar-refractivity contribution in [3.8, 4) is 11.8 Å². The first kappa shape index (κ1) is 21.7. The molecule has 1 aromatic rings. The highest BCUT2D eigenvalue weighted by atomic mass is 79.9. The molecule has 128 valence electrons. The number of quaternary nitrogens is 1. The minimum absolute atomic E-state index is 0. The Balaban J connectivity index is 0.00000484. The molecule has 0 aliphatic rings. The van der Waals surface area contributed by atoms with E-state index in [2.05, 4.69) is 25.7 Å². The minimum Gasteiger partial charge on any atom is -1.00 e. The van der Waals surface area contributed by atoms with Crippen molar-refractivity contribution in [2.45, 2.75) is 33.6 Å². The van der Waals surface area contributed by atoms with Crippen LogP contribution in [0.15, 0.2) is 30.3 Å². The first-order chi connectivity index (χ1) is 10.7. The van der Waals surface area contributed by atoms with Crippen LogP contribution < -0.4 is 17.0 Å². The number of carbonyl (C=O) groups excluding carboxylic acids is 1. The van der Waals surface area contributed by atoms with Gasteiger partial charge in [-0.2, -0.15) is 0 Å². The second kappa shape index (κ2) is 12.2. The van der Waals surface area contributed by atoms with Crippen LogP contribution in [0.5, 0.6) is 0 Å². The average molecular weight is 382 g/mol. The van der Waals surface area contributed by atoms with Crippen LogP contribution in [0.25, 0.3) is 0 Å². The van der Waals surface area contributed by atoms with E-state index < -0.39 is 0 Å². The Labute approximate surface area is 151 Å². The molecule has 1 aromatic carbocycles. The van der Waals surface area contributed by atoms with Crippen LogP contribution in [0.2, 0.25) is 0 Å². The zero-order valence-electron chi connectivity index (χ0n) is 14.5. The molecular weight excluding hydrogens is 354 g/mol. The summed E-state index contributed by atoms with van der Waals surface area (Å²) in [5.41, 5.74) is 1.02. The van der Waals surface area contributed by atoms with E-state index in [4.69, 9.17) is 4.74 Å². The smallest absolute Gasteiger partial charge is 0.361 e. The van der Waals surface area contributed by atoms with Gasteiger partial charge in [-0.1, -0.05) is 38.0 Å². The van der Waals surface area contributed by atoms with Crippen LogP contribution in [0, 0.1) is 11.8 Å². The summed E-state index contributed by atoms with van der Waals surface area (Å²) < 4.78 is 5.85. The zero-order valence-corrected chi connectivity index (χ0v) is 16.1. The third-order valence-electron chi connectivity index (χ3n) is 3.59. The number of halogens is 1. The fourth-order valence-corrected chi connectivity index (χ4v) is 2.74. The number of rotatable bonds is 8. The lowest BCUT2D eigenvalue weighted by atomic mass is 10.2. The van der Waals surface area contributed by atoms with Crippen LogP contribution in [-0.2, 0) is 9.53 Å². The van der Waals surface area contributed by atoms with Crippen LogP contribution >= 0.6 is 0 Å². The van der Waals surface area contributed by atoms with E-state index in [0.717, 1.165) is 31.5 Å². The van der Waals surface area contributed by atoms with E-state index in [1.54, 1.807) is 0 Å². The van der Waals surface area contributed by atoms with Gasteiger partial charge in [-0.3, -0.25) is 0 Å². The monoisotopic (exact) mass is 381 g/mol. The van der Waals surface area contributed by atoms with Crippen molar-refractivity contribution < 1.29 is 31.0 Å². The highest BCUT2D eigenvalue weighted by Crippen LogP contribution is 2.10. The van der Waals surface area contributed by atoms with Gasteiger partial charge in [-0.25, -0.2) is 4.79 Å². The van der Waals surface area contributed by atoms with E-state index in [9.17, 15) is 4.79 Å². The van der Waals surface area contributed by atoms with Crippen molar-refractivity contribution in [3.05, 3.63) is 35.9 Å². The largest absolute Gasteiger partial charge is 1.00 e. The number of ether oxygens (including phenoxy) is 1. The molecule has 0 saturated carbocycles. The molecule has 0 atom stereocenters. The molecule has 4 heteroatoms. The summed E-state index contributed by atoms with van der Waals surface area (Å²) in [5, 5.41) is 0. The van der Waals surface area contributed by atoms with Crippen LogP contribution in [0.3, 0.4) is 0 Å². The van der Waals surface area contributed by atoms with Gasteiger partial charge in [0.05, 0.1) is 19.7 Å². The van der Waals surface area contributed by atoms with Gasteiger partial charge in [0, 0.05) is 5.56 Å². The molecule has 0 aliphatic heterocycles. The molecule has 1 rings (SSSR count). The Hall–Kier alpha value is -1.31. The number of benzene rings is 1. The highest BCUT2D eigenvalue weighted by molar-refractivity contribution is 5.70. The normalized spacial score (nSPS) is 10.2. The molecule has 0 saturated heterocycles. The SMILES string of the molecule is CCC[N+](CC#Cc1ccccc1)(CCC)CC(=O)OCC.[Br-]. The number of hydrogen-bond donors (Lipinski definition) is 0. The summed E-state index contributed by atoms with van der Waals surface area (Å²) in [6, 6.07) is 9.98. The van der Waals surface area contributed by atoms with Crippen LogP contribution in [0.4, 0.5) is 0 Å². The molecule has 0 N–H and O–H groups in total. The van der Waals surface area contributed by atoms with Gasteiger partial charge < -0.3 is 26.2 Å². The predicted octanol–water partition coefficient (Wildman–Crippen LogP) is 0.242. The fraction of sp³-hybridized carbons (Fsp3) is 0.526. The Morgan fingerprint density at radius 1 is 1.09 bits per heavy atom. The third kappa shape index (κ3) is 8.20. The maximum absolute atomic E-state index is 12.0. The molecule has 0 fully saturated rings. The predicted molar refractivity (Wildman–Crippen MR) is 90.3 cm³/mol. The van der Waals surface area contributed by atoms with E-state index in [1.807, 2.05) is 37.3 Å². The summed E-state index contributed by atoms with van der Waals surface area (Å²) in [4.78, 5) is 12.0. The lowest BCUT2D eigenvalue weighted by molar-refractivity contribution is -0.914. The van der Waals surface area contributed by atoms with Gasteiger partial charge in [0.2, 0.25) is 0 Å². The van der Waals surface area contributed by atoms with E-state index in [-0.39, 0.29) is 23.0 Å². The maximum atomic E-state index is 12.0.